The maximum absolute atomic E-state index is 13.7. The molecule has 1 saturated heterocycles. The van der Waals surface area contributed by atoms with Crippen LogP contribution < -0.4 is 14.8 Å². The Labute approximate surface area is 215 Å². The molecule has 1 aromatic heterocycles. The minimum Gasteiger partial charge on any atom is -0.481 e. The summed E-state index contributed by atoms with van der Waals surface area (Å²) in [7, 11) is 0. The lowest BCUT2D eigenvalue weighted by atomic mass is 10.0. The lowest BCUT2D eigenvalue weighted by Gasteiger charge is -2.34. The van der Waals surface area contributed by atoms with Crippen LogP contribution in [0.2, 0.25) is 0 Å². The zero-order chi connectivity index (χ0) is 25.5. The second-order valence-electron chi connectivity index (χ2n) is 9.11. The highest BCUT2D eigenvalue weighted by Crippen LogP contribution is 2.35. The summed E-state index contributed by atoms with van der Waals surface area (Å²) in [4.78, 5) is 43.5. The van der Waals surface area contributed by atoms with Gasteiger partial charge in [-0.3, -0.25) is 9.59 Å². The molecule has 0 unspecified atom stereocenters. The summed E-state index contributed by atoms with van der Waals surface area (Å²) >= 11 is 1.61. The minimum atomic E-state index is -1.03. The fourth-order valence-electron chi connectivity index (χ4n) is 4.63. The molecular weight excluding hydrogens is 482 g/mol. The standard InChI is InChI=1S/C26H33N3O6S/c1-2-3-8-21(29-12-5-4-11-28(26(29)33)16-19-7-6-13-36-19)25(32)27-20(15-24(30)31)18-9-10-22-23(14-18)35-17-34-22/h6-7,9-10,13-14,20-21H,2-5,8,11-12,15-17H2,1H3,(H,27,32)(H,30,31)/t20-,21-/m0/s1. The smallest absolute Gasteiger partial charge is 0.321 e. The molecule has 1 fully saturated rings. The Morgan fingerprint density at radius 2 is 1.97 bits per heavy atom. The van der Waals surface area contributed by atoms with Gasteiger partial charge >= 0.3 is 12.0 Å². The number of carbonyl (C=O) groups is 3. The monoisotopic (exact) mass is 515 g/mol. The van der Waals surface area contributed by atoms with Crippen LogP contribution in [-0.2, 0) is 16.1 Å². The largest absolute Gasteiger partial charge is 0.481 e. The van der Waals surface area contributed by atoms with Crippen LogP contribution >= 0.6 is 11.3 Å². The Morgan fingerprint density at radius 1 is 1.17 bits per heavy atom. The molecule has 4 rings (SSSR count). The molecule has 0 spiro atoms. The van der Waals surface area contributed by atoms with Gasteiger partial charge in [0.2, 0.25) is 12.7 Å². The van der Waals surface area contributed by atoms with Crippen LogP contribution in [0.5, 0.6) is 11.5 Å². The number of urea groups is 1. The summed E-state index contributed by atoms with van der Waals surface area (Å²) in [5.74, 6) is -0.262. The average Bonchev–Trinajstić information content (AvgIpc) is 3.51. The van der Waals surface area contributed by atoms with Gasteiger partial charge in [-0.05, 0) is 48.4 Å². The maximum Gasteiger partial charge on any atom is 0.321 e. The number of rotatable bonds is 11. The molecule has 2 aliphatic rings. The molecule has 194 valence electrons. The zero-order valence-electron chi connectivity index (χ0n) is 20.5. The van der Waals surface area contributed by atoms with Gasteiger partial charge in [-0.25, -0.2) is 4.79 Å². The number of carboxylic acids is 1. The van der Waals surface area contributed by atoms with Crippen molar-refractivity contribution in [1.82, 2.24) is 15.1 Å². The fourth-order valence-corrected chi connectivity index (χ4v) is 5.35. The predicted molar refractivity (Wildman–Crippen MR) is 135 cm³/mol. The molecule has 0 bridgehead atoms. The Bertz CT molecular complexity index is 1060. The number of benzene rings is 1. The lowest BCUT2D eigenvalue weighted by molar-refractivity contribution is -0.138. The number of aliphatic carboxylic acids is 1. The number of hydrogen-bond donors (Lipinski definition) is 2. The number of carbonyl (C=O) groups excluding carboxylic acids is 2. The van der Waals surface area contributed by atoms with Crippen molar-refractivity contribution >= 4 is 29.2 Å². The van der Waals surface area contributed by atoms with Gasteiger partial charge in [0.1, 0.15) is 6.04 Å². The topological polar surface area (TPSA) is 108 Å². The van der Waals surface area contributed by atoms with Gasteiger partial charge in [0.15, 0.2) is 11.5 Å². The number of thiophene rings is 1. The van der Waals surface area contributed by atoms with E-state index >= 15 is 0 Å². The van der Waals surface area contributed by atoms with Gasteiger partial charge in [0.25, 0.3) is 0 Å². The van der Waals surface area contributed by atoms with Crippen LogP contribution in [-0.4, -0.2) is 58.7 Å². The van der Waals surface area contributed by atoms with E-state index < -0.39 is 18.1 Å². The highest BCUT2D eigenvalue weighted by atomic mass is 32.1. The van der Waals surface area contributed by atoms with E-state index in [1.54, 1.807) is 34.4 Å². The number of nitrogens with zero attached hydrogens (tertiary/aromatic N) is 2. The van der Waals surface area contributed by atoms with Crippen molar-refractivity contribution in [2.75, 3.05) is 19.9 Å². The summed E-state index contributed by atoms with van der Waals surface area (Å²) in [5, 5.41) is 14.5. The van der Waals surface area contributed by atoms with Crippen LogP contribution in [0.4, 0.5) is 4.79 Å². The number of nitrogens with one attached hydrogen (secondary N) is 1. The molecular formula is C26H33N3O6S. The van der Waals surface area contributed by atoms with Crippen molar-refractivity contribution in [3.05, 3.63) is 46.2 Å². The maximum atomic E-state index is 13.7. The third-order valence-corrected chi connectivity index (χ3v) is 7.39. The lowest BCUT2D eigenvalue weighted by Crippen LogP contribution is -2.53. The molecule has 9 nitrogen and oxygen atoms in total. The van der Waals surface area contributed by atoms with Crippen molar-refractivity contribution in [1.29, 1.82) is 0 Å². The van der Waals surface area contributed by atoms with E-state index in [2.05, 4.69) is 5.32 Å². The van der Waals surface area contributed by atoms with E-state index in [0.29, 0.717) is 43.1 Å². The van der Waals surface area contributed by atoms with Crippen molar-refractivity contribution in [2.45, 2.75) is 64.1 Å². The first kappa shape index (κ1) is 25.8. The quantitative estimate of drug-likeness (QED) is 0.460. The third kappa shape index (κ3) is 6.29. The van der Waals surface area contributed by atoms with Crippen molar-refractivity contribution in [3.8, 4) is 11.5 Å². The summed E-state index contributed by atoms with van der Waals surface area (Å²) in [6.07, 6.45) is 3.57. The van der Waals surface area contributed by atoms with Gasteiger partial charge in [-0.2, -0.15) is 0 Å². The Kier molecular flexibility index (Phi) is 8.69. The minimum absolute atomic E-state index is 0.104. The zero-order valence-corrected chi connectivity index (χ0v) is 21.3. The summed E-state index contributed by atoms with van der Waals surface area (Å²) in [6.45, 7) is 3.81. The number of ether oxygens (including phenoxy) is 2. The SMILES string of the molecule is CCCC[C@@H](C(=O)N[C@@H](CC(=O)O)c1ccc2c(c1)OCO2)N1CCCCN(Cc2cccs2)C1=O. The van der Waals surface area contributed by atoms with Gasteiger partial charge in [0.05, 0.1) is 19.0 Å². The number of hydrogen-bond acceptors (Lipinski definition) is 6. The molecule has 1 aromatic carbocycles. The molecule has 2 atom stereocenters. The number of carboxylic acid groups (broad SMARTS) is 1. The summed E-state index contributed by atoms with van der Waals surface area (Å²) in [5.41, 5.74) is 0.616. The molecule has 2 N–H and O–H groups in total. The fraction of sp³-hybridized carbons (Fsp3) is 0.500. The Hall–Kier alpha value is -3.27. The van der Waals surface area contributed by atoms with E-state index in [1.165, 1.54) is 0 Å². The van der Waals surface area contributed by atoms with Crippen molar-refractivity contribution < 1.29 is 29.0 Å². The molecule has 2 aromatic rings. The van der Waals surface area contributed by atoms with Crippen LogP contribution in [0.1, 0.15) is 61.9 Å². The van der Waals surface area contributed by atoms with Crippen LogP contribution in [0, 0.1) is 0 Å². The molecule has 3 heterocycles. The number of amides is 3. The second kappa shape index (κ2) is 12.1. The molecule has 10 heteroatoms. The molecule has 3 amide bonds. The third-order valence-electron chi connectivity index (χ3n) is 6.52. The van der Waals surface area contributed by atoms with E-state index in [0.717, 1.165) is 30.6 Å². The second-order valence-corrected chi connectivity index (χ2v) is 10.1. The molecule has 0 saturated carbocycles. The first-order valence-corrected chi connectivity index (χ1v) is 13.3. The number of unbranched alkanes of at least 4 members (excludes halogenated alkanes) is 1. The van der Waals surface area contributed by atoms with Crippen molar-refractivity contribution in [2.24, 2.45) is 0 Å². The van der Waals surface area contributed by atoms with Gasteiger partial charge in [-0.15, -0.1) is 11.3 Å². The first-order valence-electron chi connectivity index (χ1n) is 12.5. The van der Waals surface area contributed by atoms with Gasteiger partial charge < -0.3 is 29.7 Å². The normalized spacial score (nSPS) is 17.0. The number of fused-ring (bicyclic) bond motifs is 1. The Balaban J connectivity index is 1.54. The van der Waals surface area contributed by atoms with E-state index in [1.807, 2.05) is 29.3 Å². The van der Waals surface area contributed by atoms with Crippen LogP contribution in [0.25, 0.3) is 0 Å². The molecule has 36 heavy (non-hydrogen) atoms. The first-order chi connectivity index (χ1) is 17.5. The molecule has 2 aliphatic heterocycles. The van der Waals surface area contributed by atoms with E-state index in [4.69, 9.17) is 9.47 Å². The van der Waals surface area contributed by atoms with E-state index in [-0.39, 0.29) is 25.2 Å². The van der Waals surface area contributed by atoms with Crippen molar-refractivity contribution in [3.63, 3.8) is 0 Å². The average molecular weight is 516 g/mol. The molecule has 0 radical (unpaired) electrons. The van der Waals surface area contributed by atoms with Crippen LogP contribution in [0.3, 0.4) is 0 Å². The summed E-state index contributed by atoms with van der Waals surface area (Å²) in [6, 6.07) is 7.56. The van der Waals surface area contributed by atoms with Gasteiger partial charge in [0, 0.05) is 18.0 Å². The summed E-state index contributed by atoms with van der Waals surface area (Å²) < 4.78 is 10.8. The highest BCUT2D eigenvalue weighted by Gasteiger charge is 2.35. The van der Waals surface area contributed by atoms with Crippen LogP contribution in [0.15, 0.2) is 35.7 Å². The molecule has 0 aliphatic carbocycles. The van der Waals surface area contributed by atoms with E-state index in [9.17, 15) is 19.5 Å². The Morgan fingerprint density at radius 3 is 2.72 bits per heavy atom. The van der Waals surface area contributed by atoms with Gasteiger partial charge in [-0.1, -0.05) is 31.9 Å². The highest BCUT2D eigenvalue weighted by molar-refractivity contribution is 7.09. The predicted octanol–water partition coefficient (Wildman–Crippen LogP) is 4.39.